The Morgan fingerprint density at radius 2 is 2.06 bits per heavy atom. The molecule has 2 atom stereocenters. The first kappa shape index (κ1) is 19.5. The van der Waals surface area contributed by atoms with Crippen LogP contribution in [0.1, 0.15) is 57.4 Å². The van der Waals surface area contributed by atoms with Gasteiger partial charge >= 0.3 is 0 Å². The van der Waals surface area contributed by atoms with Crippen molar-refractivity contribution < 1.29 is 9.90 Å². The zero-order valence-electron chi connectivity index (χ0n) is 17.5. The maximum Gasteiger partial charge on any atom is 0.254 e. The number of nitrogens with zero attached hydrogens (tertiary/aromatic N) is 4. The number of aromatic nitrogens is 2. The van der Waals surface area contributed by atoms with Gasteiger partial charge in [-0.3, -0.25) is 4.79 Å². The predicted molar refractivity (Wildman–Crippen MR) is 116 cm³/mol. The molecule has 0 saturated heterocycles. The Balaban J connectivity index is 1.46. The van der Waals surface area contributed by atoms with E-state index < -0.39 is 6.10 Å². The molecule has 0 radical (unpaired) electrons. The van der Waals surface area contributed by atoms with Crippen LogP contribution < -0.4 is 0 Å². The Bertz CT molecular complexity index is 1180. The van der Waals surface area contributed by atoms with E-state index in [9.17, 15) is 15.2 Å². The fourth-order valence-corrected chi connectivity index (χ4v) is 4.97. The largest absolute Gasteiger partial charge is 0.391 e. The van der Waals surface area contributed by atoms with Gasteiger partial charge in [-0.1, -0.05) is 12.1 Å². The van der Waals surface area contributed by atoms with Crippen LogP contribution in [-0.2, 0) is 13.0 Å². The molecule has 1 aliphatic heterocycles. The van der Waals surface area contributed by atoms with Gasteiger partial charge in [0.1, 0.15) is 0 Å². The van der Waals surface area contributed by atoms with Crippen LogP contribution in [0.5, 0.6) is 0 Å². The molecule has 1 amide bonds. The molecule has 1 fully saturated rings. The van der Waals surface area contributed by atoms with E-state index in [2.05, 4.69) is 11.2 Å². The van der Waals surface area contributed by atoms with Crippen LogP contribution >= 0.6 is 0 Å². The number of aliphatic hydroxyl groups excluding tert-OH is 1. The first-order valence-electron chi connectivity index (χ1n) is 10.7. The lowest BCUT2D eigenvalue weighted by Crippen LogP contribution is -2.40. The van der Waals surface area contributed by atoms with Crippen LogP contribution in [0.15, 0.2) is 48.8 Å². The third-order valence-electron chi connectivity index (χ3n) is 6.67. The minimum atomic E-state index is -0.457. The molecule has 2 heterocycles. The molecule has 156 valence electrons. The number of carbonyl (C=O) groups excluding carboxylic acids is 1. The Hall–Kier alpha value is -3.43. The number of hydrogen-bond acceptors (Lipinski definition) is 4. The molecule has 6 heteroatoms. The molecule has 0 unspecified atom stereocenters. The van der Waals surface area contributed by atoms with E-state index >= 15 is 0 Å². The van der Waals surface area contributed by atoms with Gasteiger partial charge in [-0.25, -0.2) is 4.68 Å². The fraction of sp³-hybridized carbons (Fsp3) is 0.320. The van der Waals surface area contributed by atoms with Crippen LogP contribution in [0.2, 0.25) is 0 Å². The molecule has 2 aliphatic rings. The molecule has 0 spiro atoms. The highest BCUT2D eigenvalue weighted by Gasteiger charge is 2.39. The quantitative estimate of drug-likeness (QED) is 0.711. The van der Waals surface area contributed by atoms with Crippen molar-refractivity contribution in [3.63, 3.8) is 0 Å². The zero-order valence-corrected chi connectivity index (χ0v) is 17.5. The van der Waals surface area contributed by atoms with Crippen molar-refractivity contribution in [3.05, 3.63) is 82.2 Å². The summed E-state index contributed by atoms with van der Waals surface area (Å²) in [5, 5.41) is 24.4. The lowest BCUT2D eigenvalue weighted by atomic mass is 9.91. The molecular formula is C25H24N4O2. The summed E-state index contributed by atoms with van der Waals surface area (Å²) in [5.41, 5.74) is 6.05. The van der Waals surface area contributed by atoms with Crippen LogP contribution in [0, 0.1) is 18.3 Å². The van der Waals surface area contributed by atoms with E-state index in [4.69, 9.17) is 0 Å². The van der Waals surface area contributed by atoms with E-state index in [1.165, 1.54) is 0 Å². The fourth-order valence-electron chi connectivity index (χ4n) is 4.97. The van der Waals surface area contributed by atoms with Crippen LogP contribution in [-0.4, -0.2) is 37.8 Å². The number of nitriles is 1. The average Bonchev–Trinajstić information content (AvgIpc) is 3.51. The lowest BCUT2D eigenvalue weighted by Gasteiger charge is -2.26. The minimum absolute atomic E-state index is 0.0242. The second-order valence-electron chi connectivity index (χ2n) is 8.47. The summed E-state index contributed by atoms with van der Waals surface area (Å²) in [7, 11) is 0. The third-order valence-corrected chi connectivity index (χ3v) is 6.67. The first-order valence-corrected chi connectivity index (χ1v) is 10.7. The Morgan fingerprint density at radius 1 is 1.26 bits per heavy atom. The second-order valence-corrected chi connectivity index (χ2v) is 8.47. The number of aliphatic hydroxyl groups is 1. The highest BCUT2D eigenvalue weighted by Crippen LogP contribution is 2.36. The average molecular weight is 412 g/mol. The van der Waals surface area contributed by atoms with E-state index in [1.807, 2.05) is 49.5 Å². The normalized spacial score (nSPS) is 20.2. The van der Waals surface area contributed by atoms with E-state index in [0.717, 1.165) is 47.2 Å². The number of rotatable bonds is 4. The van der Waals surface area contributed by atoms with Crippen molar-refractivity contribution in [2.75, 3.05) is 0 Å². The second kappa shape index (κ2) is 7.68. The summed E-state index contributed by atoms with van der Waals surface area (Å²) in [6.07, 6.45) is 6.27. The summed E-state index contributed by atoms with van der Waals surface area (Å²) >= 11 is 0. The molecule has 1 N–H and O–H groups in total. The highest BCUT2D eigenvalue weighted by molar-refractivity contribution is 5.99. The van der Waals surface area contributed by atoms with Gasteiger partial charge in [-0.15, -0.1) is 0 Å². The first-order chi connectivity index (χ1) is 15.1. The number of fused-ring (bicyclic) bond motifs is 1. The standard InChI is InChI=1S/C25H24N4O2/c1-16-21(14-26)18(12-17-6-8-19(9-7-17)29-11-3-10-27-29)13-20-22(16)15-28(25(20)31)23-4-2-5-24(23)30/h3,6-11,13,23-24,30H,2,4-5,12,15H2,1H3/t23-,24-/m0/s1. The van der Waals surface area contributed by atoms with Gasteiger partial charge in [-0.2, -0.15) is 10.4 Å². The molecule has 1 saturated carbocycles. The molecule has 5 rings (SSSR count). The molecule has 2 aromatic carbocycles. The Kier molecular flexibility index (Phi) is 4.84. The summed E-state index contributed by atoms with van der Waals surface area (Å²) in [6, 6.07) is 14.1. The van der Waals surface area contributed by atoms with Gasteiger partial charge in [0.15, 0.2) is 0 Å². The minimum Gasteiger partial charge on any atom is -0.391 e. The smallest absolute Gasteiger partial charge is 0.254 e. The van der Waals surface area contributed by atoms with Crippen molar-refractivity contribution in [1.29, 1.82) is 5.26 Å². The molecule has 6 nitrogen and oxygen atoms in total. The molecular weight excluding hydrogens is 388 g/mol. The maximum absolute atomic E-state index is 13.2. The van der Waals surface area contributed by atoms with Crippen molar-refractivity contribution in [2.24, 2.45) is 0 Å². The number of hydrogen-bond donors (Lipinski definition) is 1. The SMILES string of the molecule is Cc1c(C#N)c(Cc2ccc(-n3cccn3)cc2)cc2c1CN([C@H]1CCC[C@@H]1O)C2=O. The summed E-state index contributed by atoms with van der Waals surface area (Å²) in [4.78, 5) is 15.0. The Morgan fingerprint density at radius 3 is 2.71 bits per heavy atom. The van der Waals surface area contributed by atoms with Gasteiger partial charge in [0.25, 0.3) is 5.91 Å². The van der Waals surface area contributed by atoms with Crippen LogP contribution in [0.3, 0.4) is 0 Å². The molecule has 1 aromatic heterocycles. The highest BCUT2D eigenvalue weighted by atomic mass is 16.3. The van der Waals surface area contributed by atoms with E-state index in [-0.39, 0.29) is 11.9 Å². The molecule has 1 aliphatic carbocycles. The molecule has 3 aromatic rings. The monoisotopic (exact) mass is 412 g/mol. The number of amides is 1. The van der Waals surface area contributed by atoms with Gasteiger partial charge in [0.2, 0.25) is 0 Å². The number of benzene rings is 2. The molecule has 0 bridgehead atoms. The van der Waals surface area contributed by atoms with Crippen molar-refractivity contribution in [2.45, 2.75) is 51.3 Å². The third kappa shape index (κ3) is 3.31. The van der Waals surface area contributed by atoms with Crippen molar-refractivity contribution in [3.8, 4) is 11.8 Å². The lowest BCUT2D eigenvalue weighted by molar-refractivity contribution is 0.0479. The zero-order chi connectivity index (χ0) is 21.5. The van der Waals surface area contributed by atoms with Crippen molar-refractivity contribution >= 4 is 5.91 Å². The predicted octanol–water partition coefficient (Wildman–Crippen LogP) is 3.51. The van der Waals surface area contributed by atoms with Gasteiger partial charge < -0.3 is 10.0 Å². The van der Waals surface area contributed by atoms with E-state index in [0.29, 0.717) is 24.1 Å². The Labute approximate surface area is 181 Å². The van der Waals surface area contributed by atoms with Gasteiger partial charge in [0, 0.05) is 24.5 Å². The molecule has 31 heavy (non-hydrogen) atoms. The number of carbonyl (C=O) groups is 1. The summed E-state index contributed by atoms with van der Waals surface area (Å²) in [5.74, 6) is -0.0242. The summed E-state index contributed by atoms with van der Waals surface area (Å²) < 4.78 is 1.80. The summed E-state index contributed by atoms with van der Waals surface area (Å²) in [6.45, 7) is 2.42. The van der Waals surface area contributed by atoms with Gasteiger partial charge in [0.05, 0.1) is 29.5 Å². The van der Waals surface area contributed by atoms with Gasteiger partial charge in [-0.05, 0) is 79.1 Å². The van der Waals surface area contributed by atoms with Crippen molar-refractivity contribution in [1.82, 2.24) is 14.7 Å². The topological polar surface area (TPSA) is 82.2 Å². The van der Waals surface area contributed by atoms with E-state index in [1.54, 1.807) is 15.8 Å². The maximum atomic E-state index is 13.2. The van der Waals surface area contributed by atoms with Crippen LogP contribution in [0.25, 0.3) is 5.69 Å². The van der Waals surface area contributed by atoms with Crippen LogP contribution in [0.4, 0.5) is 0 Å².